The van der Waals surface area contributed by atoms with Crippen LogP contribution in [-0.4, -0.2) is 10.5 Å². The van der Waals surface area contributed by atoms with Crippen molar-refractivity contribution in [1.82, 2.24) is 4.57 Å². The molecule has 0 aliphatic heterocycles. The smallest absolute Gasteiger partial charge is 0.251 e. The Kier molecular flexibility index (Phi) is 4.02. The fraction of sp³-hybridized carbons (Fsp3) is 0.150. The van der Waals surface area contributed by atoms with Gasteiger partial charge >= 0.3 is 0 Å². The van der Waals surface area contributed by atoms with Crippen molar-refractivity contribution in [2.75, 3.05) is 5.32 Å². The van der Waals surface area contributed by atoms with Gasteiger partial charge in [0, 0.05) is 34.9 Å². The maximum atomic E-state index is 12.4. The first-order chi connectivity index (χ1) is 11.1. The number of benzene rings is 2. The van der Waals surface area contributed by atoms with E-state index in [1.54, 1.807) is 0 Å². The van der Waals surface area contributed by atoms with Crippen molar-refractivity contribution >= 4 is 28.6 Å². The van der Waals surface area contributed by atoms with Crippen LogP contribution in [0.5, 0.6) is 0 Å². The summed E-state index contributed by atoms with van der Waals surface area (Å²) in [7, 11) is 2.01. The molecule has 0 saturated heterocycles. The first-order valence-electron chi connectivity index (χ1n) is 7.66. The maximum Gasteiger partial charge on any atom is 0.251 e. The minimum absolute atomic E-state index is 0.0791. The van der Waals surface area contributed by atoms with Gasteiger partial charge in [0.15, 0.2) is 0 Å². The lowest BCUT2D eigenvalue weighted by Gasteiger charge is -2.08. The highest BCUT2D eigenvalue weighted by Crippen LogP contribution is 2.21. The first-order valence-corrected chi connectivity index (χ1v) is 7.66. The van der Waals surface area contributed by atoms with Gasteiger partial charge in [0.05, 0.1) is 0 Å². The molecule has 23 heavy (non-hydrogen) atoms. The SMILES string of the molecule is C/C(=C\c1cc2ccccc2n1C)C(=O)Nc1ccccc1C. The Morgan fingerprint density at radius 1 is 1.09 bits per heavy atom. The summed E-state index contributed by atoms with van der Waals surface area (Å²) >= 11 is 0. The van der Waals surface area contributed by atoms with E-state index < -0.39 is 0 Å². The van der Waals surface area contributed by atoms with Gasteiger partial charge in [-0.15, -0.1) is 0 Å². The molecule has 0 saturated carbocycles. The second-order valence-corrected chi connectivity index (χ2v) is 5.78. The number of anilines is 1. The minimum Gasteiger partial charge on any atom is -0.344 e. The number of aryl methyl sites for hydroxylation is 2. The molecule has 3 aromatic rings. The Balaban J connectivity index is 1.87. The highest BCUT2D eigenvalue weighted by atomic mass is 16.1. The van der Waals surface area contributed by atoms with Crippen LogP contribution in [0.4, 0.5) is 5.69 Å². The van der Waals surface area contributed by atoms with Crippen LogP contribution in [0, 0.1) is 6.92 Å². The van der Waals surface area contributed by atoms with E-state index in [0.29, 0.717) is 5.57 Å². The molecule has 1 amide bonds. The predicted molar refractivity (Wildman–Crippen MR) is 96.4 cm³/mol. The number of para-hydroxylation sites is 2. The van der Waals surface area contributed by atoms with Gasteiger partial charge in [-0.2, -0.15) is 0 Å². The van der Waals surface area contributed by atoms with E-state index in [4.69, 9.17) is 0 Å². The van der Waals surface area contributed by atoms with Crippen molar-refractivity contribution in [2.24, 2.45) is 7.05 Å². The number of hydrogen-bond acceptors (Lipinski definition) is 1. The molecule has 0 bridgehead atoms. The quantitative estimate of drug-likeness (QED) is 0.709. The van der Waals surface area contributed by atoms with E-state index in [-0.39, 0.29) is 5.91 Å². The number of hydrogen-bond donors (Lipinski definition) is 1. The summed E-state index contributed by atoms with van der Waals surface area (Å²) in [6, 6.07) is 18.1. The Labute approximate surface area is 136 Å². The molecule has 0 aliphatic carbocycles. The number of carbonyl (C=O) groups is 1. The van der Waals surface area contributed by atoms with Gasteiger partial charge in [0.25, 0.3) is 5.91 Å². The minimum atomic E-state index is -0.0791. The fourth-order valence-corrected chi connectivity index (χ4v) is 2.67. The third-order valence-electron chi connectivity index (χ3n) is 4.10. The monoisotopic (exact) mass is 304 g/mol. The molecule has 3 nitrogen and oxygen atoms in total. The Bertz CT molecular complexity index is 903. The summed E-state index contributed by atoms with van der Waals surface area (Å²) in [6.07, 6.45) is 1.92. The van der Waals surface area contributed by atoms with Crippen LogP contribution in [0.2, 0.25) is 0 Å². The molecule has 1 heterocycles. The van der Waals surface area contributed by atoms with E-state index in [9.17, 15) is 4.79 Å². The van der Waals surface area contributed by atoms with Crippen LogP contribution < -0.4 is 5.32 Å². The summed E-state index contributed by atoms with van der Waals surface area (Å²) in [5.74, 6) is -0.0791. The third-order valence-corrected chi connectivity index (χ3v) is 4.10. The molecular weight excluding hydrogens is 284 g/mol. The van der Waals surface area contributed by atoms with Crippen molar-refractivity contribution < 1.29 is 4.79 Å². The number of amides is 1. The highest BCUT2D eigenvalue weighted by molar-refractivity contribution is 6.06. The van der Waals surface area contributed by atoms with Crippen LogP contribution in [-0.2, 0) is 11.8 Å². The van der Waals surface area contributed by atoms with Gasteiger partial charge in [-0.05, 0) is 43.7 Å². The van der Waals surface area contributed by atoms with Crippen LogP contribution in [0.3, 0.4) is 0 Å². The lowest BCUT2D eigenvalue weighted by Crippen LogP contribution is -2.13. The topological polar surface area (TPSA) is 34.0 Å². The molecule has 0 aliphatic rings. The summed E-state index contributed by atoms with van der Waals surface area (Å²) in [6.45, 7) is 3.82. The van der Waals surface area contributed by atoms with Gasteiger partial charge < -0.3 is 9.88 Å². The molecule has 1 N–H and O–H groups in total. The molecule has 0 radical (unpaired) electrons. The van der Waals surface area contributed by atoms with Gasteiger partial charge in [0.1, 0.15) is 0 Å². The number of nitrogens with zero attached hydrogens (tertiary/aromatic N) is 1. The lowest BCUT2D eigenvalue weighted by molar-refractivity contribution is -0.112. The van der Waals surface area contributed by atoms with Crippen molar-refractivity contribution in [3.63, 3.8) is 0 Å². The van der Waals surface area contributed by atoms with Crippen molar-refractivity contribution in [2.45, 2.75) is 13.8 Å². The molecule has 1 aromatic heterocycles. The van der Waals surface area contributed by atoms with Gasteiger partial charge in [0.2, 0.25) is 0 Å². The summed E-state index contributed by atoms with van der Waals surface area (Å²) in [5.41, 5.74) is 4.76. The van der Waals surface area contributed by atoms with E-state index >= 15 is 0 Å². The van der Waals surface area contributed by atoms with Crippen molar-refractivity contribution in [3.8, 4) is 0 Å². The Morgan fingerprint density at radius 3 is 2.52 bits per heavy atom. The highest BCUT2D eigenvalue weighted by Gasteiger charge is 2.09. The van der Waals surface area contributed by atoms with Gasteiger partial charge in [-0.25, -0.2) is 0 Å². The Hall–Kier alpha value is -2.81. The number of nitrogens with one attached hydrogen (secondary N) is 1. The fourth-order valence-electron chi connectivity index (χ4n) is 2.67. The van der Waals surface area contributed by atoms with E-state index in [1.807, 2.05) is 63.4 Å². The molecule has 0 spiro atoms. The second kappa shape index (κ2) is 6.13. The zero-order chi connectivity index (χ0) is 16.4. The van der Waals surface area contributed by atoms with Crippen molar-refractivity contribution in [1.29, 1.82) is 0 Å². The third kappa shape index (κ3) is 3.04. The number of fused-ring (bicyclic) bond motifs is 1. The zero-order valence-corrected chi connectivity index (χ0v) is 13.6. The summed E-state index contributed by atoms with van der Waals surface area (Å²) in [5, 5.41) is 4.14. The maximum absolute atomic E-state index is 12.4. The molecule has 2 aromatic carbocycles. The molecule has 0 atom stereocenters. The molecule has 116 valence electrons. The molecule has 0 fully saturated rings. The van der Waals surface area contributed by atoms with E-state index in [2.05, 4.69) is 28.1 Å². The predicted octanol–water partition coefficient (Wildman–Crippen LogP) is 4.53. The summed E-state index contributed by atoms with van der Waals surface area (Å²) in [4.78, 5) is 12.4. The number of rotatable bonds is 3. The van der Waals surface area contributed by atoms with E-state index in [0.717, 1.165) is 22.5 Å². The average molecular weight is 304 g/mol. The lowest BCUT2D eigenvalue weighted by atomic mass is 10.1. The largest absolute Gasteiger partial charge is 0.344 e. The van der Waals surface area contributed by atoms with E-state index in [1.165, 1.54) is 5.39 Å². The number of carbonyl (C=O) groups excluding carboxylic acids is 1. The van der Waals surface area contributed by atoms with Crippen molar-refractivity contribution in [3.05, 3.63) is 71.4 Å². The Morgan fingerprint density at radius 2 is 1.78 bits per heavy atom. The standard InChI is InChI=1S/C20H20N2O/c1-14-8-4-6-10-18(14)21-20(23)15(2)12-17-13-16-9-5-7-11-19(16)22(17)3/h4-13H,1-3H3,(H,21,23)/b15-12+. The second-order valence-electron chi connectivity index (χ2n) is 5.78. The molecule has 0 unspecified atom stereocenters. The summed E-state index contributed by atoms with van der Waals surface area (Å²) < 4.78 is 2.10. The van der Waals surface area contributed by atoms with Gasteiger partial charge in [-0.3, -0.25) is 4.79 Å². The van der Waals surface area contributed by atoms with Gasteiger partial charge in [-0.1, -0.05) is 36.4 Å². The normalized spacial score (nSPS) is 11.7. The molecular formula is C20H20N2O. The van der Waals surface area contributed by atoms with Crippen LogP contribution in [0.15, 0.2) is 60.2 Å². The number of aromatic nitrogens is 1. The molecule has 3 heteroatoms. The average Bonchev–Trinajstić information content (AvgIpc) is 2.86. The first kappa shape index (κ1) is 15.1. The van der Waals surface area contributed by atoms with Crippen LogP contribution in [0.25, 0.3) is 17.0 Å². The van der Waals surface area contributed by atoms with Crippen LogP contribution >= 0.6 is 0 Å². The molecule has 3 rings (SSSR count). The zero-order valence-electron chi connectivity index (χ0n) is 13.6. The van der Waals surface area contributed by atoms with Crippen LogP contribution in [0.1, 0.15) is 18.2 Å².